The topological polar surface area (TPSA) is 55.3 Å². The molecule has 2 aromatic carbocycles. The molecule has 0 unspecified atom stereocenters. The second-order valence-corrected chi connectivity index (χ2v) is 6.53. The third kappa shape index (κ3) is 4.06. The Morgan fingerprint density at radius 3 is 2.52 bits per heavy atom. The van der Waals surface area contributed by atoms with E-state index in [9.17, 15) is 18.0 Å². The molecule has 0 atom stereocenters. The summed E-state index contributed by atoms with van der Waals surface area (Å²) >= 11 is 0. The van der Waals surface area contributed by atoms with Crippen LogP contribution in [-0.2, 0) is 12.7 Å². The molecule has 5 nitrogen and oxygen atoms in total. The molecule has 1 amide bonds. The second-order valence-electron chi connectivity index (χ2n) is 6.53. The summed E-state index contributed by atoms with van der Waals surface area (Å²) in [5.41, 5.74) is 0.436. The number of nitrogens with zero attached hydrogens (tertiary/aromatic N) is 3. The van der Waals surface area contributed by atoms with Crippen molar-refractivity contribution in [1.29, 1.82) is 0 Å². The summed E-state index contributed by atoms with van der Waals surface area (Å²) in [6, 6.07) is 11.5. The number of halogens is 3. The first-order valence-corrected chi connectivity index (χ1v) is 8.91. The minimum Gasteiger partial charge on any atom is -0.491 e. The van der Waals surface area contributed by atoms with Gasteiger partial charge in [-0.3, -0.25) is 4.79 Å². The smallest absolute Gasteiger partial charge is 0.416 e. The lowest BCUT2D eigenvalue weighted by Gasteiger charge is -2.19. The zero-order chi connectivity index (χ0) is 20.4. The average molecular weight is 399 g/mol. The van der Waals surface area contributed by atoms with Gasteiger partial charge in [-0.25, -0.2) is 9.97 Å². The van der Waals surface area contributed by atoms with Crippen molar-refractivity contribution in [2.75, 3.05) is 13.2 Å². The molecule has 1 aliphatic heterocycles. The van der Waals surface area contributed by atoms with Crippen LogP contribution in [0.1, 0.15) is 21.7 Å². The predicted molar refractivity (Wildman–Crippen MR) is 99.1 cm³/mol. The Hall–Kier alpha value is -3.42. The Balaban J connectivity index is 1.67. The van der Waals surface area contributed by atoms with E-state index in [1.165, 1.54) is 6.07 Å². The Kier molecular flexibility index (Phi) is 4.92. The molecule has 0 aliphatic carbocycles. The summed E-state index contributed by atoms with van der Waals surface area (Å²) in [5.74, 6) is 0.624. The summed E-state index contributed by atoms with van der Waals surface area (Å²) in [4.78, 5) is 22.9. The van der Waals surface area contributed by atoms with Crippen molar-refractivity contribution in [3.05, 3.63) is 77.9 Å². The minimum absolute atomic E-state index is 0.219. The summed E-state index contributed by atoms with van der Waals surface area (Å²) in [6.45, 7) is 0.870. The molecule has 0 spiro atoms. The SMILES string of the molecule is O=C1c2cc(-c3cccc(C(F)(F)F)c3)ccc2OCCN1Cc1ncccn1. The van der Waals surface area contributed by atoms with Crippen LogP contribution in [0.15, 0.2) is 60.9 Å². The van der Waals surface area contributed by atoms with E-state index in [4.69, 9.17) is 4.74 Å². The van der Waals surface area contributed by atoms with E-state index in [-0.39, 0.29) is 12.5 Å². The Labute approximate surface area is 164 Å². The number of rotatable bonds is 3. The van der Waals surface area contributed by atoms with Gasteiger partial charge in [-0.2, -0.15) is 13.2 Å². The first-order valence-electron chi connectivity index (χ1n) is 8.91. The number of alkyl halides is 3. The highest BCUT2D eigenvalue weighted by Gasteiger charge is 2.31. The van der Waals surface area contributed by atoms with E-state index < -0.39 is 11.7 Å². The van der Waals surface area contributed by atoms with Gasteiger partial charge in [0.2, 0.25) is 0 Å². The number of carbonyl (C=O) groups excluding carboxylic acids is 1. The van der Waals surface area contributed by atoms with Gasteiger partial charge < -0.3 is 9.64 Å². The largest absolute Gasteiger partial charge is 0.491 e. The number of benzene rings is 2. The van der Waals surface area contributed by atoms with Crippen molar-refractivity contribution in [2.45, 2.75) is 12.7 Å². The highest BCUT2D eigenvalue weighted by atomic mass is 19.4. The summed E-state index contributed by atoms with van der Waals surface area (Å²) < 4.78 is 44.8. The number of carbonyl (C=O) groups is 1. The van der Waals surface area contributed by atoms with Crippen LogP contribution in [0, 0.1) is 0 Å². The molecule has 0 bridgehead atoms. The fourth-order valence-electron chi connectivity index (χ4n) is 3.15. The average Bonchev–Trinajstić information content (AvgIpc) is 2.87. The molecule has 0 radical (unpaired) electrons. The fraction of sp³-hybridized carbons (Fsp3) is 0.190. The van der Waals surface area contributed by atoms with E-state index in [0.717, 1.165) is 12.1 Å². The zero-order valence-corrected chi connectivity index (χ0v) is 15.2. The van der Waals surface area contributed by atoms with E-state index >= 15 is 0 Å². The van der Waals surface area contributed by atoms with Crippen LogP contribution in [0.2, 0.25) is 0 Å². The Morgan fingerprint density at radius 1 is 1.00 bits per heavy atom. The molecular formula is C21H16F3N3O2. The van der Waals surface area contributed by atoms with Gasteiger partial charge in [-0.05, 0) is 41.5 Å². The quantitative estimate of drug-likeness (QED) is 0.663. The molecule has 29 heavy (non-hydrogen) atoms. The lowest BCUT2D eigenvalue weighted by Crippen LogP contribution is -2.32. The molecule has 0 N–H and O–H groups in total. The van der Waals surface area contributed by atoms with Gasteiger partial charge in [-0.1, -0.05) is 18.2 Å². The molecule has 3 aromatic rings. The van der Waals surface area contributed by atoms with Crippen LogP contribution in [0.4, 0.5) is 13.2 Å². The van der Waals surface area contributed by atoms with Gasteiger partial charge in [-0.15, -0.1) is 0 Å². The Morgan fingerprint density at radius 2 is 1.76 bits per heavy atom. The van der Waals surface area contributed by atoms with Crippen LogP contribution in [0.25, 0.3) is 11.1 Å². The third-order valence-corrected chi connectivity index (χ3v) is 4.59. The van der Waals surface area contributed by atoms with Gasteiger partial charge in [0.1, 0.15) is 18.2 Å². The predicted octanol–water partition coefficient (Wildman–Crippen LogP) is 4.20. The summed E-state index contributed by atoms with van der Waals surface area (Å²) in [7, 11) is 0. The van der Waals surface area contributed by atoms with Gasteiger partial charge in [0.15, 0.2) is 0 Å². The van der Waals surface area contributed by atoms with Crippen molar-refractivity contribution in [3.63, 3.8) is 0 Å². The maximum Gasteiger partial charge on any atom is 0.416 e. The lowest BCUT2D eigenvalue weighted by atomic mass is 10.00. The first-order chi connectivity index (χ1) is 13.9. The van der Waals surface area contributed by atoms with Crippen molar-refractivity contribution in [2.24, 2.45) is 0 Å². The van der Waals surface area contributed by atoms with Crippen molar-refractivity contribution in [1.82, 2.24) is 14.9 Å². The lowest BCUT2D eigenvalue weighted by molar-refractivity contribution is -0.137. The van der Waals surface area contributed by atoms with Gasteiger partial charge in [0, 0.05) is 12.4 Å². The number of fused-ring (bicyclic) bond motifs is 1. The minimum atomic E-state index is -4.44. The number of hydrogen-bond donors (Lipinski definition) is 0. The molecular weight excluding hydrogens is 383 g/mol. The standard InChI is InChI=1S/C21H16F3N3O2/c22-21(23,24)16-4-1-3-14(11-16)15-5-6-18-17(12-15)20(28)27(9-10-29-18)13-19-25-7-2-8-26-19/h1-8,11-12H,9-10,13H2. The summed E-state index contributed by atoms with van der Waals surface area (Å²) in [5, 5.41) is 0. The number of hydrogen-bond acceptors (Lipinski definition) is 4. The molecule has 0 saturated carbocycles. The Bertz CT molecular complexity index is 1040. The van der Waals surface area contributed by atoms with E-state index in [1.807, 2.05) is 0 Å². The van der Waals surface area contributed by atoms with Crippen LogP contribution >= 0.6 is 0 Å². The number of ether oxygens (including phenoxy) is 1. The number of aromatic nitrogens is 2. The summed E-state index contributed by atoms with van der Waals surface area (Å²) in [6.07, 6.45) is -1.24. The van der Waals surface area contributed by atoms with Crippen LogP contribution < -0.4 is 4.74 Å². The molecule has 0 saturated heterocycles. The zero-order valence-electron chi connectivity index (χ0n) is 15.2. The second kappa shape index (κ2) is 7.54. The van der Waals surface area contributed by atoms with E-state index in [1.54, 1.807) is 47.6 Å². The monoisotopic (exact) mass is 399 g/mol. The van der Waals surface area contributed by atoms with E-state index in [0.29, 0.717) is 41.4 Å². The molecule has 2 heterocycles. The normalized spacial score (nSPS) is 14.2. The fourth-order valence-corrected chi connectivity index (χ4v) is 3.15. The van der Waals surface area contributed by atoms with Crippen molar-refractivity contribution in [3.8, 4) is 16.9 Å². The number of amides is 1. The highest BCUT2D eigenvalue weighted by molar-refractivity contribution is 5.98. The highest BCUT2D eigenvalue weighted by Crippen LogP contribution is 2.34. The van der Waals surface area contributed by atoms with Crippen LogP contribution in [0.3, 0.4) is 0 Å². The van der Waals surface area contributed by atoms with E-state index in [2.05, 4.69) is 9.97 Å². The molecule has 4 rings (SSSR count). The van der Waals surface area contributed by atoms with Crippen LogP contribution in [0.5, 0.6) is 5.75 Å². The first kappa shape index (κ1) is 18.9. The maximum absolute atomic E-state index is 13.1. The van der Waals surface area contributed by atoms with Crippen molar-refractivity contribution >= 4 is 5.91 Å². The third-order valence-electron chi connectivity index (χ3n) is 4.59. The molecule has 148 valence electrons. The van der Waals surface area contributed by atoms with Crippen LogP contribution in [-0.4, -0.2) is 33.9 Å². The molecule has 1 aliphatic rings. The molecule has 0 fully saturated rings. The van der Waals surface area contributed by atoms with Gasteiger partial charge >= 0.3 is 6.18 Å². The molecule has 1 aromatic heterocycles. The molecule has 8 heteroatoms. The van der Waals surface area contributed by atoms with Crippen molar-refractivity contribution < 1.29 is 22.7 Å². The maximum atomic E-state index is 13.1. The van der Waals surface area contributed by atoms with Gasteiger partial charge in [0.25, 0.3) is 5.91 Å². The van der Waals surface area contributed by atoms with Gasteiger partial charge in [0.05, 0.1) is 24.2 Å².